The lowest BCUT2D eigenvalue weighted by molar-refractivity contribution is 0.0780. The zero-order valence-corrected chi connectivity index (χ0v) is 15.6. The van der Waals surface area contributed by atoms with Crippen molar-refractivity contribution in [2.45, 2.75) is 44.9 Å². The van der Waals surface area contributed by atoms with Crippen LogP contribution in [0.15, 0.2) is 36.0 Å². The van der Waals surface area contributed by atoms with E-state index in [-0.39, 0.29) is 11.8 Å². The Bertz CT molecular complexity index is 877. The van der Waals surface area contributed by atoms with Crippen molar-refractivity contribution in [2.24, 2.45) is 0 Å². The van der Waals surface area contributed by atoms with Gasteiger partial charge < -0.3 is 10.2 Å². The molecule has 3 heterocycles. The molecular weight excluding hydrogens is 340 g/mol. The Morgan fingerprint density at radius 3 is 2.74 bits per heavy atom. The fourth-order valence-electron chi connectivity index (χ4n) is 3.97. The Morgan fingerprint density at radius 1 is 1.11 bits per heavy atom. The third-order valence-electron chi connectivity index (χ3n) is 5.46. The molecule has 0 radical (unpaired) electrons. The molecule has 2 aliphatic rings. The number of carbonyl (C=O) groups is 2. The van der Waals surface area contributed by atoms with Gasteiger partial charge >= 0.3 is 0 Å². The number of pyridine rings is 1. The van der Waals surface area contributed by atoms with E-state index in [2.05, 4.69) is 16.4 Å². The first-order valence-corrected chi connectivity index (χ1v) is 9.96. The highest BCUT2D eigenvalue weighted by molar-refractivity contribution is 6.02. The maximum absolute atomic E-state index is 12.8. The quantitative estimate of drug-likeness (QED) is 0.827. The van der Waals surface area contributed by atoms with Crippen molar-refractivity contribution in [1.82, 2.24) is 19.6 Å². The maximum Gasteiger partial charge on any atom is 0.290 e. The Balaban J connectivity index is 1.51. The molecule has 2 aromatic heterocycles. The second-order valence-corrected chi connectivity index (χ2v) is 7.35. The van der Waals surface area contributed by atoms with Crippen LogP contribution in [-0.2, 0) is 0 Å². The van der Waals surface area contributed by atoms with Gasteiger partial charge in [0.15, 0.2) is 5.69 Å². The third-order valence-corrected chi connectivity index (χ3v) is 5.46. The van der Waals surface area contributed by atoms with Gasteiger partial charge in [0.1, 0.15) is 0 Å². The molecule has 1 saturated heterocycles. The van der Waals surface area contributed by atoms with Gasteiger partial charge in [-0.25, -0.2) is 4.98 Å². The number of rotatable bonds is 5. The molecule has 4 rings (SSSR count). The van der Waals surface area contributed by atoms with E-state index in [1.54, 1.807) is 10.6 Å². The Hall–Kier alpha value is -2.63. The molecule has 6 heteroatoms. The summed E-state index contributed by atoms with van der Waals surface area (Å²) in [5, 5.41) is 2.98. The molecule has 2 amide bonds. The van der Waals surface area contributed by atoms with Crippen LogP contribution in [0, 0.1) is 0 Å². The predicted molar refractivity (Wildman–Crippen MR) is 104 cm³/mol. The van der Waals surface area contributed by atoms with Gasteiger partial charge in [0.25, 0.3) is 11.8 Å². The SMILES string of the molecule is O=C(NCCC1=CCCCC1)c1nc(C(=O)N2CCCC2)n2ccccc12. The minimum Gasteiger partial charge on any atom is -0.350 e. The average molecular weight is 366 g/mol. The number of nitrogens with one attached hydrogen (secondary N) is 1. The number of likely N-dealkylation sites (tertiary alicyclic amines) is 1. The van der Waals surface area contributed by atoms with E-state index in [1.165, 1.54) is 18.4 Å². The van der Waals surface area contributed by atoms with Crippen molar-refractivity contribution >= 4 is 17.3 Å². The number of hydrogen-bond donors (Lipinski definition) is 1. The van der Waals surface area contributed by atoms with Crippen molar-refractivity contribution in [2.75, 3.05) is 19.6 Å². The van der Waals surface area contributed by atoms with Crippen molar-refractivity contribution in [3.8, 4) is 0 Å². The molecular formula is C21H26N4O2. The molecule has 6 nitrogen and oxygen atoms in total. The highest BCUT2D eigenvalue weighted by Crippen LogP contribution is 2.20. The number of allylic oxidation sites excluding steroid dienone is 1. The average Bonchev–Trinajstić information content (AvgIpc) is 3.37. The summed E-state index contributed by atoms with van der Waals surface area (Å²) in [6.45, 7) is 2.13. The normalized spacial score (nSPS) is 17.2. The number of nitrogens with zero attached hydrogens (tertiary/aromatic N) is 3. The molecule has 1 N–H and O–H groups in total. The Morgan fingerprint density at radius 2 is 1.96 bits per heavy atom. The van der Waals surface area contributed by atoms with Gasteiger partial charge in [0.05, 0.1) is 5.52 Å². The summed E-state index contributed by atoms with van der Waals surface area (Å²) in [5.41, 5.74) is 2.44. The van der Waals surface area contributed by atoms with Gasteiger partial charge in [0.2, 0.25) is 5.82 Å². The minimum absolute atomic E-state index is 0.0971. The van der Waals surface area contributed by atoms with E-state index in [0.29, 0.717) is 23.6 Å². The minimum atomic E-state index is -0.212. The molecule has 142 valence electrons. The molecule has 1 aliphatic carbocycles. The van der Waals surface area contributed by atoms with E-state index >= 15 is 0 Å². The van der Waals surface area contributed by atoms with E-state index in [4.69, 9.17) is 0 Å². The van der Waals surface area contributed by atoms with E-state index in [9.17, 15) is 9.59 Å². The molecule has 1 fully saturated rings. The summed E-state index contributed by atoms with van der Waals surface area (Å²) >= 11 is 0. The van der Waals surface area contributed by atoms with Crippen LogP contribution in [0.2, 0.25) is 0 Å². The molecule has 2 aromatic rings. The molecule has 0 atom stereocenters. The van der Waals surface area contributed by atoms with Gasteiger partial charge in [-0.05, 0) is 57.1 Å². The summed E-state index contributed by atoms with van der Waals surface area (Å²) in [5.74, 6) is 0.0170. The van der Waals surface area contributed by atoms with Crippen LogP contribution in [0.5, 0.6) is 0 Å². The van der Waals surface area contributed by atoms with Crippen molar-refractivity contribution in [3.05, 3.63) is 47.6 Å². The van der Waals surface area contributed by atoms with Crippen LogP contribution in [0.1, 0.15) is 66.1 Å². The molecule has 0 unspecified atom stereocenters. The van der Waals surface area contributed by atoms with Crippen LogP contribution in [0.3, 0.4) is 0 Å². The summed E-state index contributed by atoms with van der Waals surface area (Å²) in [6.07, 6.45) is 11.8. The van der Waals surface area contributed by atoms with Gasteiger partial charge in [-0.2, -0.15) is 0 Å². The number of imidazole rings is 1. The zero-order chi connectivity index (χ0) is 18.6. The molecule has 0 spiro atoms. The summed E-state index contributed by atoms with van der Waals surface area (Å²) < 4.78 is 1.74. The fraction of sp³-hybridized carbons (Fsp3) is 0.476. The first-order chi connectivity index (χ1) is 13.2. The number of fused-ring (bicyclic) bond motifs is 1. The molecule has 0 aromatic carbocycles. The monoisotopic (exact) mass is 366 g/mol. The highest BCUT2D eigenvalue weighted by atomic mass is 16.2. The highest BCUT2D eigenvalue weighted by Gasteiger charge is 2.26. The third kappa shape index (κ3) is 3.75. The molecule has 1 aliphatic heterocycles. The van der Waals surface area contributed by atoms with E-state index in [1.807, 2.05) is 23.1 Å². The molecule has 0 bridgehead atoms. The fourth-order valence-corrected chi connectivity index (χ4v) is 3.97. The van der Waals surface area contributed by atoms with Crippen LogP contribution in [0.25, 0.3) is 5.52 Å². The smallest absolute Gasteiger partial charge is 0.290 e. The number of aromatic nitrogens is 2. The van der Waals surface area contributed by atoms with Gasteiger partial charge in [-0.15, -0.1) is 0 Å². The standard InChI is InChI=1S/C21H26N4O2/c26-20(22-12-11-16-8-2-1-3-9-16)18-17-10-4-5-15-25(17)19(23-18)21(27)24-13-6-7-14-24/h4-5,8,10,15H,1-3,6-7,9,11-14H2,(H,22,26). The Labute approximate surface area is 159 Å². The van der Waals surface area contributed by atoms with Gasteiger partial charge in [-0.1, -0.05) is 17.7 Å². The topological polar surface area (TPSA) is 66.7 Å². The summed E-state index contributed by atoms with van der Waals surface area (Å²) in [7, 11) is 0. The van der Waals surface area contributed by atoms with Crippen LogP contribution < -0.4 is 5.32 Å². The molecule has 27 heavy (non-hydrogen) atoms. The second-order valence-electron chi connectivity index (χ2n) is 7.35. The molecule has 0 saturated carbocycles. The largest absolute Gasteiger partial charge is 0.350 e. The van der Waals surface area contributed by atoms with Crippen molar-refractivity contribution < 1.29 is 9.59 Å². The van der Waals surface area contributed by atoms with Crippen LogP contribution in [0.4, 0.5) is 0 Å². The van der Waals surface area contributed by atoms with Gasteiger partial charge in [0, 0.05) is 25.8 Å². The van der Waals surface area contributed by atoms with Gasteiger partial charge in [-0.3, -0.25) is 14.0 Å². The van der Waals surface area contributed by atoms with Crippen molar-refractivity contribution in [1.29, 1.82) is 0 Å². The zero-order valence-electron chi connectivity index (χ0n) is 15.6. The van der Waals surface area contributed by atoms with Crippen LogP contribution in [-0.4, -0.2) is 45.7 Å². The predicted octanol–water partition coefficient (Wildman–Crippen LogP) is 3.19. The lowest BCUT2D eigenvalue weighted by atomic mass is 9.97. The number of carbonyl (C=O) groups excluding carboxylic acids is 2. The number of amides is 2. The van der Waals surface area contributed by atoms with Crippen LogP contribution >= 0.6 is 0 Å². The summed E-state index contributed by atoms with van der Waals surface area (Å²) in [6, 6.07) is 5.56. The first kappa shape index (κ1) is 17.8. The second kappa shape index (κ2) is 7.94. The maximum atomic E-state index is 12.8. The number of hydrogen-bond acceptors (Lipinski definition) is 3. The van der Waals surface area contributed by atoms with E-state index in [0.717, 1.165) is 45.2 Å². The van der Waals surface area contributed by atoms with E-state index < -0.39 is 0 Å². The lowest BCUT2D eigenvalue weighted by Crippen LogP contribution is -2.29. The summed E-state index contributed by atoms with van der Waals surface area (Å²) in [4.78, 5) is 31.8. The first-order valence-electron chi connectivity index (χ1n) is 9.96. The van der Waals surface area contributed by atoms with Crippen molar-refractivity contribution in [3.63, 3.8) is 0 Å². The Kier molecular flexibility index (Phi) is 5.23. The lowest BCUT2D eigenvalue weighted by Gasteiger charge is -2.13.